The number of alkyl halides is 3. The number of likely N-dealkylation sites (N-methyl/N-ethyl adjacent to an activating group) is 1. The van der Waals surface area contributed by atoms with Gasteiger partial charge in [-0.3, -0.25) is 14.4 Å². The number of hydrogen-bond acceptors (Lipinski definition) is 8. The maximum Gasteiger partial charge on any atom is 0.420 e. The average Bonchev–Trinajstić information content (AvgIpc) is 3.19. The zero-order valence-electron chi connectivity index (χ0n) is 17.5. The Morgan fingerprint density at radius 3 is 2.52 bits per heavy atom. The molecule has 182 valence electrons. The Morgan fingerprint density at radius 2 is 1.94 bits per heavy atom. The van der Waals surface area contributed by atoms with E-state index in [9.17, 15) is 30.8 Å². The quantitative estimate of drug-likeness (QED) is 0.428. The summed E-state index contributed by atoms with van der Waals surface area (Å²) in [6.45, 7) is 0.263. The summed E-state index contributed by atoms with van der Waals surface area (Å²) in [5, 5.41) is 1.32. The topological polar surface area (TPSA) is 97.8 Å². The first-order chi connectivity index (χ1) is 15.4. The highest BCUT2D eigenvalue weighted by molar-refractivity contribution is 7.93. The maximum absolute atomic E-state index is 14.8. The Bertz CT molecular complexity index is 1080. The second-order valence-electron chi connectivity index (χ2n) is 7.53. The van der Waals surface area contributed by atoms with Crippen molar-refractivity contribution in [3.8, 4) is 5.75 Å². The maximum atomic E-state index is 14.8. The zero-order chi connectivity index (χ0) is 24.4. The van der Waals surface area contributed by atoms with Crippen LogP contribution in [0.5, 0.6) is 5.75 Å². The monoisotopic (exact) mass is 511 g/mol. The molecule has 0 radical (unpaired) electrons. The number of hydrogen-bond donors (Lipinski definition) is 1. The number of anilines is 1. The van der Waals surface area contributed by atoms with Crippen LogP contribution < -0.4 is 9.46 Å². The number of rotatable bonds is 8. The van der Waals surface area contributed by atoms with Gasteiger partial charge in [0.15, 0.2) is 5.13 Å². The first kappa shape index (κ1) is 25.2. The number of sulfonamides is 1. The molecule has 0 spiro atoms. The molecule has 1 N–H and O–H groups in total. The number of nitrogens with one attached hydrogen (secondary N) is 1. The lowest BCUT2D eigenvalue weighted by atomic mass is 9.88. The van der Waals surface area contributed by atoms with Crippen LogP contribution in [0.15, 0.2) is 28.6 Å². The first-order valence-corrected chi connectivity index (χ1v) is 12.1. The number of thiazole rings is 1. The molecule has 1 heterocycles. The van der Waals surface area contributed by atoms with Crippen molar-refractivity contribution in [3.05, 3.63) is 35.1 Å². The van der Waals surface area contributed by atoms with E-state index in [1.807, 2.05) is 4.72 Å². The van der Waals surface area contributed by atoms with Crippen LogP contribution in [0, 0.1) is 5.82 Å². The van der Waals surface area contributed by atoms with Gasteiger partial charge in [-0.1, -0.05) is 0 Å². The highest BCUT2D eigenvalue weighted by Gasteiger charge is 2.41. The second kappa shape index (κ2) is 9.81. The molecule has 14 heteroatoms. The van der Waals surface area contributed by atoms with E-state index in [4.69, 9.17) is 9.47 Å². The van der Waals surface area contributed by atoms with Crippen molar-refractivity contribution in [1.29, 1.82) is 0 Å². The normalized spacial score (nSPS) is 21.6. The summed E-state index contributed by atoms with van der Waals surface area (Å²) in [4.78, 5) is 15.0. The van der Waals surface area contributed by atoms with Gasteiger partial charge in [0.05, 0.1) is 11.6 Å². The number of benzene rings is 1. The third-order valence-corrected chi connectivity index (χ3v) is 7.30. The van der Waals surface area contributed by atoms with E-state index >= 15 is 0 Å². The summed E-state index contributed by atoms with van der Waals surface area (Å²) in [7, 11) is -1.38. The zero-order valence-corrected chi connectivity index (χ0v) is 19.1. The highest BCUT2D eigenvalue weighted by Crippen LogP contribution is 2.41. The minimum atomic E-state index is -5.03. The lowest BCUT2D eigenvalue weighted by Gasteiger charge is -2.40. The van der Waals surface area contributed by atoms with E-state index in [1.54, 1.807) is 19.0 Å². The van der Waals surface area contributed by atoms with Crippen LogP contribution in [0.3, 0.4) is 0 Å². The third-order valence-electron chi connectivity index (χ3n) is 5.13. The Hall–Kier alpha value is -2.45. The molecule has 2 aromatic rings. The summed E-state index contributed by atoms with van der Waals surface area (Å²) >= 11 is 0.881. The van der Waals surface area contributed by atoms with E-state index in [2.05, 4.69) is 4.98 Å². The van der Waals surface area contributed by atoms with Gasteiger partial charge in [0.25, 0.3) is 16.5 Å². The van der Waals surface area contributed by atoms with Gasteiger partial charge >= 0.3 is 6.18 Å². The van der Waals surface area contributed by atoms with E-state index < -0.39 is 56.5 Å². The Kier molecular flexibility index (Phi) is 7.49. The SMILES string of the molecule is CN(C)[C@H]1C(OC=O)CCC[C@@H]1Oc1cc(F)c(S(=O)(=O)Nc2nccs2)cc1C(F)(F)F. The van der Waals surface area contributed by atoms with Crippen molar-refractivity contribution in [1.82, 2.24) is 9.88 Å². The molecule has 1 aromatic heterocycles. The van der Waals surface area contributed by atoms with E-state index in [0.29, 0.717) is 25.3 Å². The van der Waals surface area contributed by atoms with Crippen LogP contribution in [0.25, 0.3) is 0 Å². The summed E-state index contributed by atoms with van der Waals surface area (Å²) in [6.07, 6.45) is -3.93. The molecule has 0 bridgehead atoms. The van der Waals surface area contributed by atoms with Gasteiger partial charge < -0.3 is 9.47 Å². The van der Waals surface area contributed by atoms with Crippen LogP contribution in [0.2, 0.25) is 0 Å². The Balaban J connectivity index is 2.00. The highest BCUT2D eigenvalue weighted by atomic mass is 32.2. The molecular formula is C19H21F4N3O5S2. The molecule has 0 amide bonds. The summed E-state index contributed by atoms with van der Waals surface area (Å²) in [5.74, 6) is -2.27. The fourth-order valence-electron chi connectivity index (χ4n) is 3.78. The number of nitrogens with zero attached hydrogens (tertiary/aromatic N) is 2. The molecule has 1 aromatic carbocycles. The van der Waals surface area contributed by atoms with Crippen LogP contribution in [0.1, 0.15) is 24.8 Å². The Labute approximate surface area is 191 Å². The van der Waals surface area contributed by atoms with Crippen molar-refractivity contribution < 1.29 is 40.2 Å². The smallest absolute Gasteiger partial charge is 0.420 e. The van der Waals surface area contributed by atoms with Gasteiger partial charge in [0, 0.05) is 17.6 Å². The molecule has 1 unspecified atom stereocenters. The number of carbonyl (C=O) groups excluding carboxylic acids is 1. The van der Waals surface area contributed by atoms with E-state index in [1.165, 1.54) is 11.6 Å². The summed E-state index contributed by atoms with van der Waals surface area (Å²) < 4.78 is 93.9. The van der Waals surface area contributed by atoms with Crippen LogP contribution in [-0.2, 0) is 25.7 Å². The van der Waals surface area contributed by atoms with Crippen molar-refractivity contribution in [2.45, 2.75) is 48.6 Å². The number of halogens is 4. The van der Waals surface area contributed by atoms with Gasteiger partial charge in [-0.05, 0) is 39.4 Å². The summed E-state index contributed by atoms with van der Waals surface area (Å²) in [5.41, 5.74) is -1.45. The van der Waals surface area contributed by atoms with Crippen molar-refractivity contribution in [3.63, 3.8) is 0 Å². The molecule has 1 aliphatic rings. The van der Waals surface area contributed by atoms with Crippen LogP contribution in [-0.4, -0.2) is 57.1 Å². The Morgan fingerprint density at radius 1 is 1.24 bits per heavy atom. The average molecular weight is 512 g/mol. The van der Waals surface area contributed by atoms with E-state index in [0.717, 1.165) is 11.3 Å². The molecular weight excluding hydrogens is 490 g/mol. The van der Waals surface area contributed by atoms with Crippen LogP contribution in [0.4, 0.5) is 22.7 Å². The molecule has 3 rings (SSSR count). The van der Waals surface area contributed by atoms with Gasteiger partial charge in [-0.15, -0.1) is 11.3 Å². The molecule has 1 fully saturated rings. The van der Waals surface area contributed by atoms with E-state index in [-0.39, 0.29) is 17.7 Å². The molecule has 8 nitrogen and oxygen atoms in total. The lowest BCUT2D eigenvalue weighted by Crippen LogP contribution is -2.53. The third kappa shape index (κ3) is 5.73. The largest absolute Gasteiger partial charge is 0.488 e. The minimum Gasteiger partial charge on any atom is -0.488 e. The number of carbonyl (C=O) groups is 1. The molecule has 3 atom stereocenters. The predicted octanol–water partition coefficient (Wildman–Crippen LogP) is 3.50. The molecule has 1 aliphatic carbocycles. The molecule has 1 saturated carbocycles. The van der Waals surface area contributed by atoms with Crippen molar-refractivity contribution in [2.24, 2.45) is 0 Å². The second-order valence-corrected chi connectivity index (χ2v) is 10.1. The fourth-order valence-corrected chi connectivity index (χ4v) is 5.66. The van der Waals surface area contributed by atoms with Crippen LogP contribution >= 0.6 is 11.3 Å². The number of ether oxygens (including phenoxy) is 2. The molecule has 33 heavy (non-hydrogen) atoms. The fraction of sp³-hybridized carbons (Fsp3) is 0.474. The minimum absolute atomic E-state index is 0.125. The van der Waals surface area contributed by atoms with Gasteiger partial charge in [-0.25, -0.2) is 17.8 Å². The number of aromatic nitrogens is 1. The van der Waals surface area contributed by atoms with Gasteiger partial charge in [0.2, 0.25) is 0 Å². The predicted molar refractivity (Wildman–Crippen MR) is 111 cm³/mol. The standard InChI is InChI=1S/C19H21F4N3O5S2/c1-26(2)17-13(30-10-27)4-3-5-14(17)31-15-9-12(20)16(8-11(15)19(21,22)23)33(28,29)25-18-24-6-7-32-18/h6-10,13-14,17H,3-5H2,1-2H3,(H,24,25)/t13?,14-,17-/m0/s1. The molecule has 0 aliphatic heterocycles. The molecule has 0 saturated heterocycles. The first-order valence-electron chi connectivity index (χ1n) is 9.69. The lowest BCUT2D eigenvalue weighted by molar-refractivity contribution is -0.143. The van der Waals surface area contributed by atoms with Crippen molar-refractivity contribution >= 4 is 33.0 Å². The van der Waals surface area contributed by atoms with Gasteiger partial charge in [0.1, 0.15) is 28.7 Å². The van der Waals surface area contributed by atoms with Gasteiger partial charge in [-0.2, -0.15) is 13.2 Å². The summed E-state index contributed by atoms with van der Waals surface area (Å²) in [6, 6.07) is 0.0204. The van der Waals surface area contributed by atoms with Crippen molar-refractivity contribution in [2.75, 3.05) is 18.8 Å².